The van der Waals surface area contributed by atoms with E-state index in [4.69, 9.17) is 4.74 Å². The number of benzene rings is 1. The van der Waals surface area contributed by atoms with Crippen molar-refractivity contribution in [3.8, 4) is 0 Å². The lowest BCUT2D eigenvalue weighted by Crippen LogP contribution is -2.56. The summed E-state index contributed by atoms with van der Waals surface area (Å²) in [4.78, 5) is 27.6. The molecule has 0 saturated carbocycles. The van der Waals surface area contributed by atoms with Gasteiger partial charge in [0.05, 0.1) is 10.0 Å². The number of halogens is 3. The summed E-state index contributed by atoms with van der Waals surface area (Å²) in [6.07, 6.45) is -0.452. The maximum atomic E-state index is 14.0. The van der Waals surface area contributed by atoms with E-state index in [2.05, 4.69) is 15.9 Å². The molecular formula is C17H21BrF2N2O3. The van der Waals surface area contributed by atoms with Gasteiger partial charge in [-0.3, -0.25) is 4.79 Å². The van der Waals surface area contributed by atoms with Gasteiger partial charge in [-0.15, -0.1) is 0 Å². The Labute approximate surface area is 154 Å². The van der Waals surface area contributed by atoms with Gasteiger partial charge in [-0.25, -0.2) is 13.6 Å². The minimum atomic E-state index is -0.792. The zero-order valence-corrected chi connectivity index (χ0v) is 16.2. The lowest BCUT2D eigenvalue weighted by molar-refractivity contribution is 0.00606. The fraction of sp³-hybridized carbons (Fsp3) is 0.529. The first-order chi connectivity index (χ1) is 11.5. The molecule has 1 heterocycles. The van der Waals surface area contributed by atoms with E-state index in [0.29, 0.717) is 0 Å². The maximum absolute atomic E-state index is 14.0. The van der Waals surface area contributed by atoms with E-state index in [-0.39, 0.29) is 35.7 Å². The van der Waals surface area contributed by atoms with E-state index < -0.39 is 29.2 Å². The molecule has 1 aromatic carbocycles. The topological polar surface area (TPSA) is 49.9 Å². The molecule has 0 spiro atoms. The molecule has 1 aliphatic rings. The molecule has 25 heavy (non-hydrogen) atoms. The fourth-order valence-corrected chi connectivity index (χ4v) is 2.91. The molecule has 8 heteroatoms. The van der Waals surface area contributed by atoms with Gasteiger partial charge in [0.1, 0.15) is 17.2 Å². The quantitative estimate of drug-likeness (QED) is 0.651. The standard InChI is InChI=1S/C17H21BrF2N2O3/c1-10-9-21(16(24)25-17(2,3)4)5-6-22(10)15(23)11-7-14(20)12(18)8-13(11)19/h7-8,10H,5-6,9H2,1-4H3. The summed E-state index contributed by atoms with van der Waals surface area (Å²) in [5.74, 6) is -2.09. The first-order valence-corrected chi connectivity index (χ1v) is 8.72. The summed E-state index contributed by atoms with van der Waals surface area (Å²) in [5.41, 5.74) is -0.927. The fourth-order valence-electron chi connectivity index (χ4n) is 2.59. The second-order valence-corrected chi connectivity index (χ2v) is 7.87. The number of piperazine rings is 1. The normalized spacial score (nSPS) is 18.3. The van der Waals surface area contributed by atoms with E-state index in [1.165, 1.54) is 9.80 Å². The average molecular weight is 419 g/mol. The second-order valence-electron chi connectivity index (χ2n) is 7.02. The number of carbonyl (C=O) groups is 2. The molecule has 5 nitrogen and oxygen atoms in total. The van der Waals surface area contributed by atoms with Crippen LogP contribution < -0.4 is 0 Å². The number of hydrogen-bond acceptors (Lipinski definition) is 3. The molecule has 1 unspecified atom stereocenters. The van der Waals surface area contributed by atoms with Gasteiger partial charge in [-0.05, 0) is 55.8 Å². The first kappa shape index (κ1) is 19.6. The SMILES string of the molecule is CC1CN(C(=O)OC(C)(C)C)CCN1C(=O)c1cc(F)c(Br)cc1F. The van der Waals surface area contributed by atoms with Crippen LogP contribution >= 0.6 is 15.9 Å². The molecule has 0 aromatic heterocycles. The van der Waals surface area contributed by atoms with E-state index in [1.54, 1.807) is 27.7 Å². The third kappa shape index (κ3) is 4.68. The van der Waals surface area contributed by atoms with Gasteiger partial charge in [0, 0.05) is 25.7 Å². The third-order valence-electron chi connectivity index (χ3n) is 3.78. The molecule has 2 rings (SSSR count). The van der Waals surface area contributed by atoms with Gasteiger partial charge < -0.3 is 14.5 Å². The predicted molar refractivity (Wildman–Crippen MR) is 92.4 cm³/mol. The summed E-state index contributed by atoms with van der Waals surface area (Å²) in [7, 11) is 0. The zero-order valence-electron chi connectivity index (χ0n) is 14.6. The molecule has 0 aliphatic carbocycles. The van der Waals surface area contributed by atoms with Crippen LogP contribution in [0.5, 0.6) is 0 Å². The summed E-state index contributed by atoms with van der Waals surface area (Å²) in [6.45, 7) is 7.84. The smallest absolute Gasteiger partial charge is 0.410 e. The van der Waals surface area contributed by atoms with Crippen molar-refractivity contribution in [2.75, 3.05) is 19.6 Å². The van der Waals surface area contributed by atoms with Gasteiger partial charge in [-0.2, -0.15) is 0 Å². The van der Waals surface area contributed by atoms with Crippen LogP contribution in [-0.4, -0.2) is 53.1 Å². The monoisotopic (exact) mass is 418 g/mol. The Morgan fingerprint density at radius 1 is 1.20 bits per heavy atom. The zero-order chi connectivity index (χ0) is 18.9. The Balaban J connectivity index is 2.10. The molecule has 0 N–H and O–H groups in total. The molecule has 1 atom stereocenters. The Hall–Kier alpha value is -1.70. The number of nitrogens with zero attached hydrogens (tertiary/aromatic N) is 2. The average Bonchev–Trinajstić information content (AvgIpc) is 2.48. The lowest BCUT2D eigenvalue weighted by atomic mass is 10.1. The minimum Gasteiger partial charge on any atom is -0.444 e. The van der Waals surface area contributed by atoms with Crippen molar-refractivity contribution in [1.82, 2.24) is 9.80 Å². The third-order valence-corrected chi connectivity index (χ3v) is 4.39. The summed E-state index contributed by atoms with van der Waals surface area (Å²) >= 11 is 2.89. The molecule has 1 saturated heterocycles. The summed E-state index contributed by atoms with van der Waals surface area (Å²) in [6, 6.07) is 1.47. The van der Waals surface area contributed by atoms with Gasteiger partial charge in [-0.1, -0.05) is 0 Å². The Kier molecular flexibility index (Phi) is 5.71. The molecule has 1 aromatic rings. The van der Waals surface area contributed by atoms with Gasteiger partial charge in [0.15, 0.2) is 0 Å². The predicted octanol–water partition coefficient (Wildman–Crippen LogP) is 3.81. The van der Waals surface area contributed by atoms with Crippen molar-refractivity contribution in [3.63, 3.8) is 0 Å². The van der Waals surface area contributed by atoms with Gasteiger partial charge >= 0.3 is 6.09 Å². The van der Waals surface area contributed by atoms with Crippen LogP contribution in [-0.2, 0) is 4.74 Å². The maximum Gasteiger partial charge on any atom is 0.410 e. The van der Waals surface area contributed by atoms with Crippen molar-refractivity contribution in [3.05, 3.63) is 33.8 Å². The van der Waals surface area contributed by atoms with Crippen LogP contribution in [0.25, 0.3) is 0 Å². The van der Waals surface area contributed by atoms with E-state index >= 15 is 0 Å². The van der Waals surface area contributed by atoms with Crippen LogP contribution in [0.3, 0.4) is 0 Å². The molecule has 138 valence electrons. The summed E-state index contributed by atoms with van der Waals surface area (Å²) < 4.78 is 33.0. The highest BCUT2D eigenvalue weighted by Gasteiger charge is 2.33. The van der Waals surface area contributed by atoms with E-state index in [9.17, 15) is 18.4 Å². The second kappa shape index (κ2) is 7.27. The molecular weight excluding hydrogens is 398 g/mol. The van der Waals surface area contributed by atoms with Crippen LogP contribution in [0, 0.1) is 11.6 Å². The largest absolute Gasteiger partial charge is 0.444 e. The first-order valence-electron chi connectivity index (χ1n) is 7.93. The highest BCUT2D eigenvalue weighted by molar-refractivity contribution is 9.10. The minimum absolute atomic E-state index is 0.0376. The molecule has 0 radical (unpaired) electrons. The highest BCUT2D eigenvalue weighted by atomic mass is 79.9. The number of carbonyl (C=O) groups excluding carboxylic acids is 2. The molecule has 0 bridgehead atoms. The number of hydrogen-bond donors (Lipinski definition) is 0. The number of rotatable bonds is 1. The number of ether oxygens (including phenoxy) is 1. The van der Waals surface area contributed by atoms with Crippen LogP contribution in [0.4, 0.5) is 13.6 Å². The van der Waals surface area contributed by atoms with Gasteiger partial charge in [0.25, 0.3) is 5.91 Å². The molecule has 2 amide bonds. The van der Waals surface area contributed by atoms with Crippen molar-refractivity contribution in [1.29, 1.82) is 0 Å². The van der Waals surface area contributed by atoms with Crippen molar-refractivity contribution < 1.29 is 23.1 Å². The lowest BCUT2D eigenvalue weighted by Gasteiger charge is -2.40. The van der Waals surface area contributed by atoms with Gasteiger partial charge in [0.2, 0.25) is 0 Å². The highest BCUT2D eigenvalue weighted by Crippen LogP contribution is 2.23. The van der Waals surface area contributed by atoms with Crippen molar-refractivity contribution >= 4 is 27.9 Å². The Morgan fingerprint density at radius 2 is 1.84 bits per heavy atom. The molecule has 1 fully saturated rings. The van der Waals surface area contributed by atoms with Crippen molar-refractivity contribution in [2.24, 2.45) is 0 Å². The Morgan fingerprint density at radius 3 is 2.40 bits per heavy atom. The summed E-state index contributed by atoms with van der Waals surface area (Å²) in [5, 5.41) is 0. The van der Waals surface area contributed by atoms with Crippen molar-refractivity contribution in [2.45, 2.75) is 39.3 Å². The molecule has 1 aliphatic heterocycles. The van der Waals surface area contributed by atoms with E-state index in [0.717, 1.165) is 12.1 Å². The van der Waals surface area contributed by atoms with Crippen LogP contribution in [0.2, 0.25) is 0 Å². The number of amides is 2. The van der Waals surface area contributed by atoms with E-state index in [1.807, 2.05) is 0 Å². The Bertz CT molecular complexity index is 691. The van der Waals surface area contributed by atoms with Crippen LogP contribution in [0.15, 0.2) is 16.6 Å². The van der Waals surface area contributed by atoms with Crippen LogP contribution in [0.1, 0.15) is 38.1 Å².